The molecule has 0 fully saturated rings. The van der Waals surface area contributed by atoms with Crippen LogP contribution in [-0.4, -0.2) is 28.3 Å². The molecule has 0 atom stereocenters. The van der Waals surface area contributed by atoms with Crippen molar-refractivity contribution in [3.05, 3.63) is 23.8 Å². The minimum absolute atomic E-state index is 0.588. The van der Waals surface area contributed by atoms with Gasteiger partial charge in [0.2, 0.25) is 10.0 Å². The monoisotopic (exact) mass is 240 g/mol. The second kappa shape index (κ2) is 3.97. The van der Waals surface area contributed by atoms with E-state index in [1.165, 1.54) is 10.6 Å². The molecule has 16 heavy (non-hydrogen) atoms. The van der Waals surface area contributed by atoms with Crippen LogP contribution in [-0.2, 0) is 16.4 Å². The number of hydrogen-bond donors (Lipinski definition) is 1. The molecule has 0 aromatic heterocycles. The highest BCUT2D eigenvalue weighted by Gasteiger charge is 2.23. The van der Waals surface area contributed by atoms with E-state index in [0.717, 1.165) is 29.8 Å². The maximum atomic E-state index is 11.6. The van der Waals surface area contributed by atoms with Gasteiger partial charge in [-0.15, -0.1) is 0 Å². The Morgan fingerprint density at radius 3 is 2.75 bits per heavy atom. The first kappa shape index (κ1) is 11.3. The van der Waals surface area contributed by atoms with Crippen LogP contribution in [0.15, 0.2) is 18.2 Å². The van der Waals surface area contributed by atoms with Crippen molar-refractivity contribution < 1.29 is 8.42 Å². The van der Waals surface area contributed by atoms with Crippen LogP contribution in [0, 0.1) is 0 Å². The first-order valence-corrected chi connectivity index (χ1v) is 7.15. The Balaban J connectivity index is 2.48. The van der Waals surface area contributed by atoms with Gasteiger partial charge in [-0.25, -0.2) is 8.42 Å². The summed E-state index contributed by atoms with van der Waals surface area (Å²) in [4.78, 5) is 0. The van der Waals surface area contributed by atoms with Crippen LogP contribution in [0.3, 0.4) is 0 Å². The summed E-state index contributed by atoms with van der Waals surface area (Å²) in [5.74, 6) is 0. The van der Waals surface area contributed by atoms with Crippen LogP contribution < -0.4 is 9.62 Å². The number of benzene rings is 1. The molecule has 1 heterocycles. The van der Waals surface area contributed by atoms with Crippen LogP contribution in [0.1, 0.15) is 12.0 Å². The summed E-state index contributed by atoms with van der Waals surface area (Å²) < 4.78 is 24.7. The third kappa shape index (κ3) is 2.00. The molecule has 0 saturated carbocycles. The largest absolute Gasteiger partial charge is 0.388 e. The maximum Gasteiger partial charge on any atom is 0.232 e. The summed E-state index contributed by atoms with van der Waals surface area (Å²) in [5.41, 5.74) is 2.95. The van der Waals surface area contributed by atoms with Crippen molar-refractivity contribution in [3.8, 4) is 0 Å². The van der Waals surface area contributed by atoms with Gasteiger partial charge in [0.1, 0.15) is 0 Å². The lowest BCUT2D eigenvalue weighted by molar-refractivity contribution is 0.592. The maximum absolute atomic E-state index is 11.6. The summed E-state index contributed by atoms with van der Waals surface area (Å²) in [5, 5.41) is 3.06. The average Bonchev–Trinajstić information content (AvgIpc) is 2.26. The zero-order valence-corrected chi connectivity index (χ0v) is 10.3. The Kier molecular flexibility index (Phi) is 2.80. The summed E-state index contributed by atoms with van der Waals surface area (Å²) in [6.07, 6.45) is 3.08. The highest BCUT2D eigenvalue weighted by molar-refractivity contribution is 7.92. The second-order valence-electron chi connectivity index (χ2n) is 4.03. The van der Waals surface area contributed by atoms with Gasteiger partial charge in [-0.1, -0.05) is 0 Å². The number of hydrogen-bond acceptors (Lipinski definition) is 3. The number of fused-ring (bicyclic) bond motifs is 1. The lowest BCUT2D eigenvalue weighted by atomic mass is 10.0. The third-order valence-electron chi connectivity index (χ3n) is 2.84. The minimum atomic E-state index is -3.15. The fraction of sp³-hybridized carbons (Fsp3) is 0.455. The first-order chi connectivity index (χ1) is 7.52. The van der Waals surface area contributed by atoms with Crippen molar-refractivity contribution in [2.45, 2.75) is 12.8 Å². The zero-order chi connectivity index (χ0) is 11.8. The van der Waals surface area contributed by atoms with E-state index in [9.17, 15) is 8.42 Å². The molecule has 1 aromatic carbocycles. The predicted molar refractivity (Wildman–Crippen MR) is 66.5 cm³/mol. The van der Waals surface area contributed by atoms with Gasteiger partial charge in [-0.05, 0) is 36.6 Å². The normalized spacial score (nSPS) is 15.8. The van der Waals surface area contributed by atoms with Crippen molar-refractivity contribution in [3.63, 3.8) is 0 Å². The van der Waals surface area contributed by atoms with Gasteiger partial charge in [0.05, 0.1) is 11.9 Å². The summed E-state index contributed by atoms with van der Waals surface area (Å²) >= 11 is 0. The lowest BCUT2D eigenvalue weighted by Gasteiger charge is -2.29. The number of rotatable bonds is 2. The molecule has 0 amide bonds. The van der Waals surface area contributed by atoms with Gasteiger partial charge in [0.25, 0.3) is 0 Å². The van der Waals surface area contributed by atoms with Crippen molar-refractivity contribution in [1.29, 1.82) is 0 Å². The molecule has 1 aliphatic rings. The second-order valence-corrected chi connectivity index (χ2v) is 5.94. The van der Waals surface area contributed by atoms with Crippen LogP contribution >= 0.6 is 0 Å². The van der Waals surface area contributed by atoms with E-state index in [0.29, 0.717) is 6.54 Å². The first-order valence-electron chi connectivity index (χ1n) is 5.31. The van der Waals surface area contributed by atoms with Gasteiger partial charge in [0.15, 0.2) is 0 Å². The van der Waals surface area contributed by atoms with Crippen molar-refractivity contribution in [1.82, 2.24) is 0 Å². The van der Waals surface area contributed by atoms with Gasteiger partial charge in [-0.2, -0.15) is 0 Å². The van der Waals surface area contributed by atoms with Crippen LogP contribution in [0.25, 0.3) is 0 Å². The third-order valence-corrected chi connectivity index (χ3v) is 4.02. The minimum Gasteiger partial charge on any atom is -0.388 e. The molecule has 0 radical (unpaired) electrons. The van der Waals surface area contributed by atoms with E-state index in [4.69, 9.17) is 0 Å². The molecule has 88 valence electrons. The van der Waals surface area contributed by atoms with E-state index in [1.54, 1.807) is 0 Å². The Labute approximate surface area is 96.3 Å². The standard InChI is InChI=1S/C11H16N2O2S/c1-12-10-5-6-11-9(8-10)4-3-7-13(11)16(2,14)15/h5-6,8,12H,3-4,7H2,1-2H3. The van der Waals surface area contributed by atoms with Crippen molar-refractivity contribution >= 4 is 21.4 Å². The van der Waals surface area contributed by atoms with Gasteiger partial charge in [-0.3, -0.25) is 4.31 Å². The molecule has 2 rings (SSSR count). The molecule has 4 nitrogen and oxygen atoms in total. The van der Waals surface area contributed by atoms with E-state index < -0.39 is 10.0 Å². The van der Waals surface area contributed by atoms with E-state index in [-0.39, 0.29) is 0 Å². The van der Waals surface area contributed by atoms with E-state index in [1.807, 2.05) is 25.2 Å². The molecule has 5 heteroatoms. The van der Waals surface area contributed by atoms with Crippen LogP contribution in [0.5, 0.6) is 0 Å². The fourth-order valence-corrected chi connectivity index (χ4v) is 3.06. The van der Waals surface area contributed by atoms with Crippen molar-refractivity contribution in [2.24, 2.45) is 0 Å². The molecule has 0 saturated heterocycles. The molecule has 1 N–H and O–H groups in total. The van der Waals surface area contributed by atoms with Crippen molar-refractivity contribution in [2.75, 3.05) is 29.5 Å². The topological polar surface area (TPSA) is 49.4 Å². The van der Waals surface area contributed by atoms with Gasteiger partial charge in [0, 0.05) is 19.3 Å². The SMILES string of the molecule is CNc1ccc2c(c1)CCCN2S(C)(=O)=O. The Morgan fingerprint density at radius 1 is 1.38 bits per heavy atom. The molecule has 0 aliphatic carbocycles. The number of sulfonamides is 1. The van der Waals surface area contributed by atoms with Gasteiger partial charge < -0.3 is 5.32 Å². The highest BCUT2D eigenvalue weighted by atomic mass is 32.2. The van der Waals surface area contributed by atoms with E-state index in [2.05, 4.69) is 5.32 Å². The molecular formula is C11H16N2O2S. The molecule has 0 bridgehead atoms. The number of nitrogens with zero attached hydrogens (tertiary/aromatic N) is 1. The quantitative estimate of drug-likeness (QED) is 0.851. The highest BCUT2D eigenvalue weighted by Crippen LogP contribution is 2.30. The molecule has 1 aliphatic heterocycles. The zero-order valence-electron chi connectivity index (χ0n) is 9.53. The summed E-state index contributed by atoms with van der Waals surface area (Å²) in [6.45, 7) is 0.588. The smallest absolute Gasteiger partial charge is 0.232 e. The van der Waals surface area contributed by atoms with Crippen LogP contribution in [0.4, 0.5) is 11.4 Å². The Morgan fingerprint density at radius 2 is 2.12 bits per heavy atom. The summed E-state index contributed by atoms with van der Waals surface area (Å²) in [7, 11) is -1.29. The Bertz CT molecular complexity index is 497. The average molecular weight is 240 g/mol. The molecular weight excluding hydrogens is 224 g/mol. The molecule has 0 unspecified atom stereocenters. The number of anilines is 2. The summed E-state index contributed by atoms with van der Waals surface area (Å²) in [6, 6.07) is 5.80. The molecule has 1 aromatic rings. The van der Waals surface area contributed by atoms with Gasteiger partial charge >= 0.3 is 0 Å². The van der Waals surface area contributed by atoms with Crippen LogP contribution in [0.2, 0.25) is 0 Å². The fourth-order valence-electron chi connectivity index (χ4n) is 2.06. The van der Waals surface area contributed by atoms with E-state index >= 15 is 0 Å². The number of aryl methyl sites for hydroxylation is 1. The predicted octanol–water partition coefficient (Wildman–Crippen LogP) is 1.44. The lowest BCUT2D eigenvalue weighted by Crippen LogP contribution is -2.34. The number of nitrogens with one attached hydrogen (secondary N) is 1. The molecule has 0 spiro atoms. The Hall–Kier alpha value is -1.23.